The van der Waals surface area contributed by atoms with Crippen LogP contribution in [-0.4, -0.2) is 33.5 Å². The summed E-state index contributed by atoms with van der Waals surface area (Å²) < 4.78 is 47.9. The van der Waals surface area contributed by atoms with Crippen molar-refractivity contribution in [2.75, 3.05) is 11.9 Å². The molecule has 2 unspecified atom stereocenters. The number of carbonyl (C=O) groups is 1. The van der Waals surface area contributed by atoms with Crippen molar-refractivity contribution < 1.29 is 27.3 Å². The average Bonchev–Trinajstić information content (AvgIpc) is 2.46. The second-order valence-electron chi connectivity index (χ2n) is 4.47. The van der Waals surface area contributed by atoms with E-state index >= 15 is 0 Å². The quantitative estimate of drug-likeness (QED) is 0.746. The van der Waals surface area contributed by atoms with Crippen LogP contribution in [0.15, 0.2) is 29.2 Å². The van der Waals surface area contributed by atoms with Gasteiger partial charge in [0.15, 0.2) is 10.8 Å². The monoisotopic (exact) mass is 338 g/mol. The number of hydrogen-bond donors (Lipinski definition) is 3. The van der Waals surface area contributed by atoms with E-state index in [1.165, 1.54) is 12.1 Å². The number of benzene rings is 1. The average molecular weight is 338 g/mol. The molecule has 0 aromatic heterocycles. The normalized spacial score (nSPS) is 14.2. The topological polar surface area (TPSA) is 78.4 Å². The maximum absolute atomic E-state index is 12.3. The fourth-order valence-electron chi connectivity index (χ4n) is 1.53. The minimum absolute atomic E-state index is 0.275. The van der Waals surface area contributed by atoms with Gasteiger partial charge in [-0.1, -0.05) is 6.92 Å². The lowest BCUT2D eigenvalue weighted by Gasteiger charge is -2.11. The van der Waals surface area contributed by atoms with Gasteiger partial charge in [0.25, 0.3) is 0 Å². The summed E-state index contributed by atoms with van der Waals surface area (Å²) in [5.74, 6) is 0. The van der Waals surface area contributed by atoms with Crippen molar-refractivity contribution in [2.45, 2.75) is 36.3 Å². The van der Waals surface area contributed by atoms with Gasteiger partial charge in [-0.15, -0.1) is 0 Å². The van der Waals surface area contributed by atoms with E-state index in [0.717, 1.165) is 12.1 Å². The van der Waals surface area contributed by atoms with Crippen LogP contribution in [0.1, 0.15) is 19.8 Å². The van der Waals surface area contributed by atoms with Crippen LogP contribution < -0.4 is 10.6 Å². The number of carbonyl (C=O) groups excluding carboxylic acids is 1. The Balaban J connectivity index is 2.51. The summed E-state index contributed by atoms with van der Waals surface area (Å²) in [6, 6.07) is 4.02. The van der Waals surface area contributed by atoms with E-state index in [0.29, 0.717) is 12.8 Å². The van der Waals surface area contributed by atoms with Crippen molar-refractivity contribution in [3.05, 3.63) is 24.3 Å². The van der Waals surface area contributed by atoms with Crippen LogP contribution >= 0.6 is 0 Å². The molecule has 0 aliphatic heterocycles. The molecule has 0 saturated carbocycles. The van der Waals surface area contributed by atoms with E-state index in [9.17, 15) is 27.3 Å². The Labute approximate surface area is 128 Å². The highest BCUT2D eigenvalue weighted by atomic mass is 32.2. The van der Waals surface area contributed by atoms with Crippen LogP contribution in [0.3, 0.4) is 0 Å². The molecule has 2 amide bonds. The van der Waals surface area contributed by atoms with Crippen molar-refractivity contribution in [1.82, 2.24) is 5.32 Å². The van der Waals surface area contributed by atoms with Gasteiger partial charge >= 0.3 is 11.5 Å². The van der Waals surface area contributed by atoms with Crippen LogP contribution in [0.4, 0.5) is 23.7 Å². The van der Waals surface area contributed by atoms with E-state index in [4.69, 9.17) is 0 Å². The molecule has 0 aliphatic rings. The number of urea groups is 1. The molecule has 3 N–H and O–H groups in total. The summed E-state index contributed by atoms with van der Waals surface area (Å²) in [5.41, 5.74) is -4.54. The van der Waals surface area contributed by atoms with Crippen molar-refractivity contribution in [2.24, 2.45) is 0 Å². The van der Waals surface area contributed by atoms with E-state index < -0.39 is 28.4 Å². The number of halogens is 3. The Morgan fingerprint density at radius 2 is 1.91 bits per heavy atom. The lowest BCUT2D eigenvalue weighted by atomic mass is 10.2. The number of anilines is 1. The van der Waals surface area contributed by atoms with Gasteiger partial charge in [-0.05, 0) is 37.1 Å². The maximum Gasteiger partial charge on any atom is 0.475 e. The Kier molecular flexibility index (Phi) is 6.82. The third kappa shape index (κ3) is 6.02. The van der Waals surface area contributed by atoms with Crippen molar-refractivity contribution in [3.8, 4) is 0 Å². The van der Waals surface area contributed by atoms with Crippen LogP contribution in [-0.2, 0) is 10.8 Å². The summed E-state index contributed by atoms with van der Waals surface area (Å²) >= 11 is 0. The fourth-order valence-corrected chi connectivity index (χ4v) is 2.18. The molecule has 0 fully saturated rings. The number of alkyl halides is 3. The zero-order valence-corrected chi connectivity index (χ0v) is 12.6. The second kappa shape index (κ2) is 8.14. The number of nitrogens with one attached hydrogen (secondary N) is 2. The number of aliphatic hydroxyl groups is 1. The third-order valence-corrected chi connectivity index (χ3v) is 3.89. The molecule has 9 heteroatoms. The minimum atomic E-state index is -4.81. The molecule has 0 radical (unpaired) electrons. The van der Waals surface area contributed by atoms with Gasteiger partial charge in [0.05, 0.1) is 6.10 Å². The van der Waals surface area contributed by atoms with Gasteiger partial charge in [-0.3, -0.25) is 0 Å². The minimum Gasteiger partial charge on any atom is -0.393 e. The van der Waals surface area contributed by atoms with E-state index in [1.807, 2.05) is 6.92 Å². The van der Waals surface area contributed by atoms with Gasteiger partial charge in [0.2, 0.25) is 0 Å². The number of hydrogen-bond acceptors (Lipinski definition) is 3. The molecule has 0 bridgehead atoms. The van der Waals surface area contributed by atoms with Crippen LogP contribution in [0, 0.1) is 0 Å². The summed E-state index contributed by atoms with van der Waals surface area (Å²) in [6.45, 7) is 2.09. The third-order valence-electron chi connectivity index (χ3n) is 2.77. The smallest absolute Gasteiger partial charge is 0.393 e. The zero-order valence-electron chi connectivity index (χ0n) is 11.8. The molecule has 0 spiro atoms. The Morgan fingerprint density at radius 3 is 2.41 bits per heavy atom. The molecule has 0 heterocycles. The van der Waals surface area contributed by atoms with E-state index in [2.05, 4.69) is 10.6 Å². The molecule has 1 aromatic rings. The number of rotatable bonds is 6. The Morgan fingerprint density at radius 1 is 1.32 bits per heavy atom. The molecular formula is C13H17F3N2O3S. The van der Waals surface area contributed by atoms with Crippen LogP contribution in [0.25, 0.3) is 0 Å². The molecule has 2 atom stereocenters. The maximum atomic E-state index is 12.3. The first-order valence-electron chi connectivity index (χ1n) is 6.55. The zero-order chi connectivity index (χ0) is 16.8. The molecule has 1 aromatic carbocycles. The molecule has 5 nitrogen and oxygen atoms in total. The van der Waals surface area contributed by atoms with Crippen molar-refractivity contribution in [3.63, 3.8) is 0 Å². The van der Waals surface area contributed by atoms with E-state index in [-0.39, 0.29) is 17.1 Å². The first-order chi connectivity index (χ1) is 10.2. The Bertz CT molecular complexity index is 520. The van der Waals surface area contributed by atoms with Crippen molar-refractivity contribution in [1.29, 1.82) is 0 Å². The fraction of sp³-hybridized carbons (Fsp3) is 0.462. The first kappa shape index (κ1) is 18.4. The first-order valence-corrected chi connectivity index (χ1v) is 7.70. The lowest BCUT2D eigenvalue weighted by Crippen LogP contribution is -2.31. The summed E-state index contributed by atoms with van der Waals surface area (Å²) in [4.78, 5) is 11.1. The van der Waals surface area contributed by atoms with E-state index in [1.54, 1.807) is 0 Å². The van der Waals surface area contributed by atoms with Gasteiger partial charge in [-0.25, -0.2) is 9.00 Å². The van der Waals surface area contributed by atoms with Crippen LogP contribution in [0.2, 0.25) is 0 Å². The predicted octanol–water partition coefficient (Wildman–Crippen LogP) is 2.60. The molecule has 22 heavy (non-hydrogen) atoms. The highest BCUT2D eigenvalue weighted by Gasteiger charge is 2.37. The summed E-state index contributed by atoms with van der Waals surface area (Å²) in [5, 5.41) is 14.3. The number of aliphatic hydroxyl groups excluding tert-OH is 1. The molecule has 1 rings (SSSR count). The highest BCUT2D eigenvalue weighted by molar-refractivity contribution is 7.86. The molecular weight excluding hydrogens is 321 g/mol. The van der Waals surface area contributed by atoms with Crippen molar-refractivity contribution >= 4 is 22.5 Å². The van der Waals surface area contributed by atoms with Gasteiger partial charge in [0, 0.05) is 17.1 Å². The van der Waals surface area contributed by atoms with Gasteiger partial charge in [0.1, 0.15) is 0 Å². The summed E-state index contributed by atoms with van der Waals surface area (Å²) in [6.07, 6.45) is 0.506. The predicted molar refractivity (Wildman–Crippen MR) is 76.8 cm³/mol. The second-order valence-corrected chi connectivity index (χ2v) is 5.94. The number of amides is 2. The van der Waals surface area contributed by atoms with Gasteiger partial charge < -0.3 is 15.7 Å². The molecule has 0 aliphatic carbocycles. The highest BCUT2D eigenvalue weighted by Crippen LogP contribution is 2.26. The SMILES string of the molecule is CCC(O)CCNC(=O)Nc1ccc(S(=O)C(F)(F)F)cc1. The Hall–Kier alpha value is -1.61. The lowest BCUT2D eigenvalue weighted by molar-refractivity contribution is -0.0384. The van der Waals surface area contributed by atoms with Gasteiger partial charge in [-0.2, -0.15) is 13.2 Å². The standard InChI is InChI=1S/C13H17F3N2O3S/c1-2-10(19)7-8-17-12(20)18-9-3-5-11(6-4-9)22(21)13(14,15)16/h3-6,10,19H,2,7-8H2,1H3,(H2,17,18,20). The van der Waals surface area contributed by atoms with Crippen LogP contribution in [0.5, 0.6) is 0 Å². The summed E-state index contributed by atoms with van der Waals surface area (Å²) in [7, 11) is -3.09. The largest absolute Gasteiger partial charge is 0.475 e. The molecule has 124 valence electrons. The molecule has 0 saturated heterocycles.